The van der Waals surface area contributed by atoms with Crippen LogP contribution in [0.15, 0.2) is 54.6 Å². The van der Waals surface area contributed by atoms with Crippen molar-refractivity contribution in [2.75, 3.05) is 19.4 Å². The Kier molecular flexibility index (Phi) is 5.31. The van der Waals surface area contributed by atoms with Crippen molar-refractivity contribution in [2.45, 2.75) is 12.8 Å². The van der Waals surface area contributed by atoms with Crippen molar-refractivity contribution in [3.05, 3.63) is 65.7 Å². The van der Waals surface area contributed by atoms with E-state index in [4.69, 9.17) is 0 Å². The topological polar surface area (TPSA) is 49.4 Å². The minimum atomic E-state index is -0.0830. The number of aryl methyl sites for hydroxylation is 1. The van der Waals surface area contributed by atoms with Gasteiger partial charge in [0.25, 0.3) is 5.91 Å². The highest BCUT2D eigenvalue weighted by Gasteiger charge is 2.09. The lowest BCUT2D eigenvalue weighted by Crippen LogP contribution is -2.22. The molecule has 2 aromatic carbocycles. The molecule has 0 aliphatic rings. The summed E-state index contributed by atoms with van der Waals surface area (Å²) in [5.41, 5.74) is 2.34. The second-order valence-corrected chi connectivity index (χ2v) is 5.31. The van der Waals surface area contributed by atoms with Gasteiger partial charge in [0.2, 0.25) is 5.91 Å². The number of rotatable bonds is 5. The van der Waals surface area contributed by atoms with Gasteiger partial charge in [-0.25, -0.2) is 0 Å². The fraction of sp³-hybridized carbons (Fsp3) is 0.222. The smallest absolute Gasteiger partial charge is 0.253 e. The first-order valence-corrected chi connectivity index (χ1v) is 7.22. The quantitative estimate of drug-likeness (QED) is 0.922. The number of amides is 2. The average Bonchev–Trinajstić information content (AvgIpc) is 2.53. The van der Waals surface area contributed by atoms with Gasteiger partial charge in [-0.1, -0.05) is 36.4 Å². The number of nitrogens with zero attached hydrogens (tertiary/aromatic N) is 1. The molecule has 0 saturated carbocycles. The van der Waals surface area contributed by atoms with Crippen molar-refractivity contribution in [1.29, 1.82) is 0 Å². The third-order valence-electron chi connectivity index (χ3n) is 3.28. The highest BCUT2D eigenvalue weighted by Crippen LogP contribution is 2.13. The number of anilines is 1. The molecule has 0 saturated heterocycles. The largest absolute Gasteiger partial charge is 0.345 e. The molecule has 2 rings (SSSR count). The van der Waals surface area contributed by atoms with Crippen molar-refractivity contribution in [3.63, 3.8) is 0 Å². The lowest BCUT2D eigenvalue weighted by Gasteiger charge is -2.11. The van der Waals surface area contributed by atoms with E-state index in [9.17, 15) is 9.59 Å². The average molecular weight is 296 g/mol. The van der Waals surface area contributed by atoms with Gasteiger partial charge in [0.05, 0.1) is 0 Å². The Labute approximate surface area is 130 Å². The van der Waals surface area contributed by atoms with Crippen LogP contribution in [0.25, 0.3) is 0 Å². The molecule has 0 radical (unpaired) electrons. The van der Waals surface area contributed by atoms with E-state index in [1.54, 1.807) is 38.4 Å². The van der Waals surface area contributed by atoms with Gasteiger partial charge in [0.1, 0.15) is 0 Å². The van der Waals surface area contributed by atoms with Crippen LogP contribution in [-0.4, -0.2) is 30.8 Å². The SMILES string of the molecule is CN(C)C(=O)c1cccc(NC(=O)CCc2ccccc2)c1. The minimum absolute atomic E-state index is 0.0571. The van der Waals surface area contributed by atoms with Gasteiger partial charge < -0.3 is 10.2 Å². The number of carbonyl (C=O) groups excluding carboxylic acids is 2. The van der Waals surface area contributed by atoms with Gasteiger partial charge in [-0.15, -0.1) is 0 Å². The van der Waals surface area contributed by atoms with Crippen LogP contribution in [0, 0.1) is 0 Å². The van der Waals surface area contributed by atoms with E-state index >= 15 is 0 Å². The maximum absolute atomic E-state index is 12.0. The second kappa shape index (κ2) is 7.41. The van der Waals surface area contributed by atoms with E-state index in [1.807, 2.05) is 30.3 Å². The molecule has 2 aromatic rings. The van der Waals surface area contributed by atoms with Crippen LogP contribution in [0.3, 0.4) is 0 Å². The number of nitrogens with one attached hydrogen (secondary N) is 1. The van der Waals surface area contributed by atoms with Gasteiger partial charge in [-0.2, -0.15) is 0 Å². The van der Waals surface area contributed by atoms with E-state index in [0.29, 0.717) is 24.1 Å². The first kappa shape index (κ1) is 15.8. The van der Waals surface area contributed by atoms with E-state index in [0.717, 1.165) is 5.56 Å². The number of hydrogen-bond donors (Lipinski definition) is 1. The van der Waals surface area contributed by atoms with Crippen LogP contribution in [0.2, 0.25) is 0 Å². The summed E-state index contributed by atoms with van der Waals surface area (Å²) >= 11 is 0. The highest BCUT2D eigenvalue weighted by atomic mass is 16.2. The lowest BCUT2D eigenvalue weighted by atomic mass is 10.1. The standard InChI is InChI=1S/C18H20N2O2/c1-20(2)18(22)15-9-6-10-16(13-15)19-17(21)12-11-14-7-4-3-5-8-14/h3-10,13H,11-12H2,1-2H3,(H,19,21). The molecule has 0 heterocycles. The first-order chi connectivity index (χ1) is 10.6. The Balaban J connectivity index is 1.94. The van der Waals surface area contributed by atoms with Crippen LogP contribution in [0.4, 0.5) is 5.69 Å². The van der Waals surface area contributed by atoms with Gasteiger partial charge >= 0.3 is 0 Å². The number of hydrogen-bond acceptors (Lipinski definition) is 2. The lowest BCUT2D eigenvalue weighted by molar-refractivity contribution is -0.116. The van der Waals surface area contributed by atoms with Crippen LogP contribution < -0.4 is 5.32 Å². The monoisotopic (exact) mass is 296 g/mol. The van der Waals surface area contributed by atoms with E-state index in [-0.39, 0.29) is 11.8 Å². The van der Waals surface area contributed by atoms with Gasteiger partial charge in [0, 0.05) is 31.8 Å². The van der Waals surface area contributed by atoms with Crippen molar-refractivity contribution in [3.8, 4) is 0 Å². The van der Waals surface area contributed by atoms with Crippen LogP contribution in [0.5, 0.6) is 0 Å². The molecular weight excluding hydrogens is 276 g/mol. The first-order valence-electron chi connectivity index (χ1n) is 7.22. The summed E-state index contributed by atoms with van der Waals surface area (Å²) in [6, 6.07) is 16.9. The number of benzene rings is 2. The van der Waals surface area contributed by atoms with Crippen molar-refractivity contribution in [1.82, 2.24) is 4.90 Å². The van der Waals surface area contributed by atoms with Gasteiger partial charge in [-0.3, -0.25) is 9.59 Å². The fourth-order valence-corrected chi connectivity index (χ4v) is 2.11. The highest BCUT2D eigenvalue weighted by molar-refractivity contribution is 5.97. The predicted molar refractivity (Wildman–Crippen MR) is 87.9 cm³/mol. The van der Waals surface area contributed by atoms with Crippen LogP contribution in [-0.2, 0) is 11.2 Å². The molecule has 0 atom stereocenters. The third-order valence-corrected chi connectivity index (χ3v) is 3.28. The molecule has 0 fully saturated rings. The van der Waals surface area contributed by atoms with Gasteiger partial charge in [-0.05, 0) is 30.2 Å². The molecule has 0 unspecified atom stereocenters. The Morgan fingerprint density at radius 3 is 2.41 bits per heavy atom. The van der Waals surface area contributed by atoms with Crippen LogP contribution >= 0.6 is 0 Å². The summed E-state index contributed by atoms with van der Waals surface area (Å²) in [4.78, 5) is 25.4. The summed E-state index contributed by atoms with van der Waals surface area (Å²) in [7, 11) is 3.40. The maximum atomic E-state index is 12.0. The van der Waals surface area contributed by atoms with E-state index in [2.05, 4.69) is 5.32 Å². The number of carbonyl (C=O) groups is 2. The summed E-state index contributed by atoms with van der Waals surface area (Å²) in [5.74, 6) is -0.140. The molecule has 0 spiro atoms. The molecule has 114 valence electrons. The third kappa shape index (κ3) is 4.45. The Morgan fingerprint density at radius 2 is 1.73 bits per heavy atom. The minimum Gasteiger partial charge on any atom is -0.345 e. The molecule has 4 heteroatoms. The summed E-state index contributed by atoms with van der Waals surface area (Å²) in [6.45, 7) is 0. The molecule has 0 aromatic heterocycles. The van der Waals surface area contributed by atoms with Gasteiger partial charge in [0.15, 0.2) is 0 Å². The predicted octanol–water partition coefficient (Wildman–Crippen LogP) is 2.96. The van der Waals surface area contributed by atoms with Crippen molar-refractivity contribution in [2.24, 2.45) is 0 Å². The molecule has 4 nitrogen and oxygen atoms in total. The molecule has 2 amide bonds. The zero-order valence-electron chi connectivity index (χ0n) is 12.9. The van der Waals surface area contributed by atoms with Crippen molar-refractivity contribution < 1.29 is 9.59 Å². The summed E-state index contributed by atoms with van der Waals surface area (Å²) in [6.07, 6.45) is 1.11. The van der Waals surface area contributed by atoms with E-state index < -0.39 is 0 Å². The second-order valence-electron chi connectivity index (χ2n) is 5.31. The molecule has 22 heavy (non-hydrogen) atoms. The Bertz CT molecular complexity index is 651. The fourth-order valence-electron chi connectivity index (χ4n) is 2.11. The molecule has 0 bridgehead atoms. The van der Waals surface area contributed by atoms with Crippen LogP contribution in [0.1, 0.15) is 22.3 Å². The Hall–Kier alpha value is -2.62. The zero-order chi connectivity index (χ0) is 15.9. The molecular formula is C18H20N2O2. The molecule has 0 aliphatic carbocycles. The molecule has 0 aliphatic heterocycles. The van der Waals surface area contributed by atoms with E-state index in [1.165, 1.54) is 4.90 Å². The maximum Gasteiger partial charge on any atom is 0.253 e. The normalized spacial score (nSPS) is 10.1. The summed E-state index contributed by atoms with van der Waals surface area (Å²) in [5, 5.41) is 2.84. The van der Waals surface area contributed by atoms with Crippen molar-refractivity contribution >= 4 is 17.5 Å². The Morgan fingerprint density at radius 1 is 1.00 bits per heavy atom. The zero-order valence-corrected chi connectivity index (χ0v) is 12.9. The molecule has 1 N–H and O–H groups in total. The summed E-state index contributed by atoms with van der Waals surface area (Å²) < 4.78 is 0.